The van der Waals surface area contributed by atoms with Gasteiger partial charge in [0, 0.05) is 19.5 Å². The molecule has 0 radical (unpaired) electrons. The van der Waals surface area contributed by atoms with E-state index in [9.17, 15) is 19.2 Å². The van der Waals surface area contributed by atoms with Gasteiger partial charge in [-0.3, -0.25) is 29.4 Å². The number of carbonyl (C=O) groups is 4. The molecule has 8 heteroatoms. The van der Waals surface area contributed by atoms with Crippen LogP contribution in [-0.4, -0.2) is 60.7 Å². The van der Waals surface area contributed by atoms with Crippen LogP contribution in [0.15, 0.2) is 18.2 Å². The highest BCUT2D eigenvalue weighted by molar-refractivity contribution is 6.25. The van der Waals surface area contributed by atoms with Crippen molar-refractivity contribution in [1.82, 2.24) is 15.5 Å². The average molecular weight is 410 g/mol. The van der Waals surface area contributed by atoms with Crippen LogP contribution in [0.1, 0.15) is 52.8 Å². The summed E-state index contributed by atoms with van der Waals surface area (Å²) >= 11 is 0. The highest BCUT2D eigenvalue weighted by Crippen LogP contribution is 2.38. The molecule has 1 aromatic carbocycles. The first kappa shape index (κ1) is 19.2. The normalized spacial score (nSPS) is 25.4. The van der Waals surface area contributed by atoms with Crippen molar-refractivity contribution in [1.29, 1.82) is 0 Å². The van der Waals surface area contributed by atoms with E-state index in [4.69, 9.17) is 0 Å². The van der Waals surface area contributed by atoms with Crippen molar-refractivity contribution in [2.45, 2.75) is 38.1 Å². The molecule has 4 amide bonds. The molecule has 4 aliphatic heterocycles. The van der Waals surface area contributed by atoms with Gasteiger partial charge in [-0.1, -0.05) is 6.07 Å². The number of piperidine rings is 2. The Kier molecular flexibility index (Phi) is 4.81. The summed E-state index contributed by atoms with van der Waals surface area (Å²) in [6.45, 7) is 3.97. The van der Waals surface area contributed by atoms with Crippen molar-refractivity contribution in [3.05, 3.63) is 29.3 Å². The number of rotatable bonds is 4. The van der Waals surface area contributed by atoms with E-state index in [0.29, 0.717) is 17.0 Å². The van der Waals surface area contributed by atoms with Crippen molar-refractivity contribution in [3.8, 4) is 0 Å². The topological polar surface area (TPSA) is 98.8 Å². The Hall–Kier alpha value is -2.74. The largest absolute Gasteiger partial charge is 0.370 e. The molecule has 0 saturated carbocycles. The number of nitrogens with one attached hydrogen (secondary N) is 2. The number of fused-ring (bicyclic) bond motifs is 1. The van der Waals surface area contributed by atoms with E-state index in [0.717, 1.165) is 42.7 Å². The Labute approximate surface area is 175 Å². The zero-order valence-corrected chi connectivity index (χ0v) is 16.9. The Morgan fingerprint density at radius 1 is 0.933 bits per heavy atom. The van der Waals surface area contributed by atoms with Gasteiger partial charge in [0.25, 0.3) is 11.8 Å². The maximum absolute atomic E-state index is 13.2. The molecule has 0 spiro atoms. The van der Waals surface area contributed by atoms with Crippen molar-refractivity contribution in [3.63, 3.8) is 0 Å². The van der Waals surface area contributed by atoms with Crippen LogP contribution in [0.4, 0.5) is 5.69 Å². The molecular weight excluding hydrogens is 384 g/mol. The van der Waals surface area contributed by atoms with Gasteiger partial charge in [-0.25, -0.2) is 0 Å². The maximum Gasteiger partial charge on any atom is 0.264 e. The monoisotopic (exact) mass is 410 g/mol. The smallest absolute Gasteiger partial charge is 0.264 e. The third-order valence-corrected chi connectivity index (χ3v) is 6.87. The van der Waals surface area contributed by atoms with Gasteiger partial charge in [0.05, 0.1) is 16.8 Å². The SMILES string of the molecule is O=C1CCC(N2C(=O)c3cccc(N4CC(CC5CCNCC5)C4)c3C2=O)C(=O)N1. The van der Waals surface area contributed by atoms with Gasteiger partial charge in [-0.2, -0.15) is 0 Å². The predicted molar refractivity (Wildman–Crippen MR) is 109 cm³/mol. The quantitative estimate of drug-likeness (QED) is 0.716. The molecule has 8 nitrogen and oxygen atoms in total. The first-order chi connectivity index (χ1) is 14.5. The molecule has 5 rings (SSSR count). The Balaban J connectivity index is 1.32. The standard InChI is InChI=1S/C22H26N4O4/c27-18-5-4-17(20(28)24-18)26-21(29)15-2-1-3-16(19(15)22(26)30)25-11-14(12-25)10-13-6-8-23-9-7-13/h1-3,13-14,17,23H,4-12H2,(H,24,27,28). The lowest BCUT2D eigenvalue weighted by Crippen LogP contribution is -2.54. The molecular formula is C22H26N4O4. The molecule has 3 saturated heterocycles. The third-order valence-electron chi connectivity index (χ3n) is 6.87. The summed E-state index contributed by atoms with van der Waals surface area (Å²) in [7, 11) is 0. The van der Waals surface area contributed by atoms with Crippen molar-refractivity contribution in [2.75, 3.05) is 31.1 Å². The van der Waals surface area contributed by atoms with Gasteiger partial charge < -0.3 is 10.2 Å². The molecule has 2 N–H and O–H groups in total. The summed E-state index contributed by atoms with van der Waals surface area (Å²) in [5.74, 6) is -0.434. The van der Waals surface area contributed by atoms with Crippen molar-refractivity contribution in [2.24, 2.45) is 11.8 Å². The maximum atomic E-state index is 13.2. The minimum Gasteiger partial charge on any atom is -0.370 e. The number of carbonyl (C=O) groups excluding carboxylic acids is 4. The highest BCUT2D eigenvalue weighted by Gasteiger charge is 2.46. The average Bonchev–Trinajstić information content (AvgIpc) is 2.96. The number of benzene rings is 1. The van der Waals surface area contributed by atoms with Gasteiger partial charge in [0.2, 0.25) is 11.8 Å². The second kappa shape index (κ2) is 7.50. The van der Waals surface area contributed by atoms with Crippen LogP contribution in [0.25, 0.3) is 0 Å². The number of hydrogen-bond acceptors (Lipinski definition) is 6. The molecule has 0 bridgehead atoms. The summed E-state index contributed by atoms with van der Waals surface area (Å²) < 4.78 is 0. The molecule has 1 unspecified atom stereocenters. The summed E-state index contributed by atoms with van der Waals surface area (Å²) in [4.78, 5) is 53.1. The Bertz CT molecular complexity index is 918. The Morgan fingerprint density at radius 2 is 1.70 bits per heavy atom. The lowest BCUT2D eigenvalue weighted by Gasteiger charge is -2.43. The molecule has 158 valence electrons. The molecule has 3 fully saturated rings. The summed E-state index contributed by atoms with van der Waals surface area (Å²) in [6, 6.07) is 4.41. The fourth-order valence-corrected chi connectivity index (χ4v) is 5.27. The molecule has 30 heavy (non-hydrogen) atoms. The first-order valence-electron chi connectivity index (χ1n) is 10.8. The molecule has 4 aliphatic rings. The third kappa shape index (κ3) is 3.19. The predicted octanol–water partition coefficient (Wildman–Crippen LogP) is 0.914. The zero-order valence-electron chi connectivity index (χ0n) is 16.9. The van der Waals surface area contributed by atoms with Gasteiger partial charge >= 0.3 is 0 Å². The van der Waals surface area contributed by atoms with E-state index in [1.807, 2.05) is 6.07 Å². The van der Waals surface area contributed by atoms with E-state index in [-0.39, 0.29) is 18.7 Å². The summed E-state index contributed by atoms with van der Waals surface area (Å²) in [5, 5.41) is 5.64. The van der Waals surface area contributed by atoms with Gasteiger partial charge in [-0.05, 0) is 62.7 Å². The molecule has 1 atom stereocenters. The number of nitrogens with zero attached hydrogens (tertiary/aromatic N) is 2. The van der Waals surface area contributed by atoms with Crippen LogP contribution in [-0.2, 0) is 9.59 Å². The van der Waals surface area contributed by atoms with E-state index in [1.54, 1.807) is 12.1 Å². The van der Waals surface area contributed by atoms with Crippen molar-refractivity contribution >= 4 is 29.3 Å². The molecule has 4 heterocycles. The fourth-order valence-electron chi connectivity index (χ4n) is 5.27. The minimum absolute atomic E-state index is 0.126. The second-order valence-electron chi connectivity index (χ2n) is 8.85. The zero-order chi connectivity index (χ0) is 20.8. The van der Waals surface area contributed by atoms with Crippen LogP contribution in [0, 0.1) is 11.8 Å². The molecule has 0 aliphatic carbocycles. The number of hydrogen-bond donors (Lipinski definition) is 2. The van der Waals surface area contributed by atoms with Crippen LogP contribution in [0.3, 0.4) is 0 Å². The van der Waals surface area contributed by atoms with Gasteiger partial charge in [-0.15, -0.1) is 0 Å². The van der Waals surface area contributed by atoms with E-state index < -0.39 is 23.8 Å². The van der Waals surface area contributed by atoms with Crippen LogP contribution < -0.4 is 15.5 Å². The van der Waals surface area contributed by atoms with E-state index in [1.165, 1.54) is 19.3 Å². The first-order valence-corrected chi connectivity index (χ1v) is 10.8. The van der Waals surface area contributed by atoms with E-state index >= 15 is 0 Å². The number of imide groups is 2. The number of anilines is 1. The molecule has 1 aromatic rings. The van der Waals surface area contributed by atoms with Crippen LogP contribution in [0.5, 0.6) is 0 Å². The Morgan fingerprint density at radius 3 is 2.43 bits per heavy atom. The van der Waals surface area contributed by atoms with Crippen LogP contribution >= 0.6 is 0 Å². The highest BCUT2D eigenvalue weighted by atomic mass is 16.2. The van der Waals surface area contributed by atoms with E-state index in [2.05, 4.69) is 15.5 Å². The second-order valence-corrected chi connectivity index (χ2v) is 8.85. The summed E-state index contributed by atoms with van der Waals surface area (Å²) in [5.41, 5.74) is 1.53. The number of amides is 4. The van der Waals surface area contributed by atoms with Gasteiger partial charge in [0.15, 0.2) is 0 Å². The lowest BCUT2D eigenvalue weighted by atomic mass is 9.83. The summed E-state index contributed by atoms with van der Waals surface area (Å²) in [6.07, 6.45) is 3.97. The molecule has 0 aromatic heterocycles. The fraction of sp³-hybridized carbons (Fsp3) is 0.545. The minimum atomic E-state index is -0.924. The van der Waals surface area contributed by atoms with Crippen molar-refractivity contribution < 1.29 is 19.2 Å². The van der Waals surface area contributed by atoms with Gasteiger partial charge in [0.1, 0.15) is 6.04 Å². The lowest BCUT2D eigenvalue weighted by molar-refractivity contribution is -0.136. The van der Waals surface area contributed by atoms with Crippen LogP contribution in [0.2, 0.25) is 0 Å².